The molecule has 1 spiro atoms. The summed E-state index contributed by atoms with van der Waals surface area (Å²) in [5, 5.41) is 3.31. The number of likely N-dealkylation sites (tertiary alicyclic amines) is 2. The Morgan fingerprint density at radius 1 is 1.05 bits per heavy atom. The summed E-state index contributed by atoms with van der Waals surface area (Å²) in [7, 11) is 1.45. The lowest BCUT2D eigenvalue weighted by Gasteiger charge is -2.41. The lowest BCUT2D eigenvalue weighted by molar-refractivity contribution is -0.144. The third-order valence-corrected chi connectivity index (χ3v) is 8.50. The van der Waals surface area contributed by atoms with Crippen molar-refractivity contribution in [2.24, 2.45) is 11.3 Å². The molecule has 8 nitrogen and oxygen atoms in total. The number of benzene rings is 2. The molecule has 5 rings (SSSR count). The Labute approximate surface area is 239 Å². The van der Waals surface area contributed by atoms with E-state index in [4.69, 9.17) is 0 Å². The van der Waals surface area contributed by atoms with Gasteiger partial charge in [-0.15, -0.1) is 0 Å². The molecule has 12 heteroatoms. The average molecular weight is 587 g/mol. The highest BCUT2D eigenvalue weighted by atomic mass is 19.4. The van der Waals surface area contributed by atoms with E-state index < -0.39 is 58.2 Å². The maximum Gasteiger partial charge on any atom is 0.416 e. The molecule has 4 amide bonds. The number of aromatic amines is 1. The molecule has 222 valence electrons. The normalized spacial score (nSPS) is 19.7. The zero-order valence-electron chi connectivity index (χ0n) is 23.2. The summed E-state index contributed by atoms with van der Waals surface area (Å²) in [6.07, 6.45) is -2.60. The second kappa shape index (κ2) is 10.6. The molecule has 2 N–H and O–H groups in total. The van der Waals surface area contributed by atoms with E-state index in [-0.39, 0.29) is 37.7 Å². The SMILES string of the molecule is CC(C)[C@@H](NC(=O)c1cc(C(F)(F)F)ccc1F)C(=O)N1CCC2(CC1)C(=O)N(C)C(=O)C2c1ccc2[nH]ccc2c1. The molecular formula is C30H30F4N4O4. The van der Waals surface area contributed by atoms with Crippen LogP contribution in [0.15, 0.2) is 48.7 Å². The minimum Gasteiger partial charge on any atom is -0.361 e. The van der Waals surface area contributed by atoms with E-state index in [0.717, 1.165) is 15.8 Å². The van der Waals surface area contributed by atoms with E-state index >= 15 is 0 Å². The summed E-state index contributed by atoms with van der Waals surface area (Å²) in [5.74, 6) is -4.62. The van der Waals surface area contributed by atoms with Crippen molar-refractivity contribution in [3.63, 3.8) is 0 Å². The van der Waals surface area contributed by atoms with Crippen LogP contribution >= 0.6 is 0 Å². The molecular weight excluding hydrogens is 556 g/mol. The number of imide groups is 1. The first-order valence-corrected chi connectivity index (χ1v) is 13.6. The second-order valence-corrected chi connectivity index (χ2v) is 11.3. The number of H-pyrrole nitrogens is 1. The Hall–Kier alpha value is -4.22. The monoisotopic (exact) mass is 586 g/mol. The summed E-state index contributed by atoms with van der Waals surface area (Å²) >= 11 is 0. The van der Waals surface area contributed by atoms with Gasteiger partial charge < -0.3 is 15.2 Å². The summed E-state index contributed by atoms with van der Waals surface area (Å²) in [6.45, 7) is 3.54. The summed E-state index contributed by atoms with van der Waals surface area (Å²) in [6, 6.07) is 7.81. The van der Waals surface area contributed by atoms with Crippen molar-refractivity contribution < 1.29 is 36.7 Å². The maximum absolute atomic E-state index is 14.3. The Morgan fingerprint density at radius 3 is 2.38 bits per heavy atom. The Morgan fingerprint density at radius 2 is 1.74 bits per heavy atom. The number of nitrogens with one attached hydrogen (secondary N) is 2. The first-order valence-electron chi connectivity index (χ1n) is 13.6. The molecule has 42 heavy (non-hydrogen) atoms. The molecule has 3 heterocycles. The molecule has 0 aliphatic carbocycles. The summed E-state index contributed by atoms with van der Waals surface area (Å²) in [4.78, 5) is 58.9. The zero-order chi connectivity index (χ0) is 30.6. The van der Waals surface area contributed by atoms with Crippen LogP contribution in [-0.4, -0.2) is 64.6 Å². The fourth-order valence-corrected chi connectivity index (χ4v) is 6.13. The van der Waals surface area contributed by atoms with E-state index in [1.807, 2.05) is 24.3 Å². The Bertz CT molecular complexity index is 1570. The number of hydrogen-bond donors (Lipinski definition) is 2. The van der Waals surface area contributed by atoms with Gasteiger partial charge in [0.25, 0.3) is 5.91 Å². The topological polar surface area (TPSA) is 103 Å². The number of carbonyl (C=O) groups excluding carboxylic acids is 4. The third kappa shape index (κ3) is 4.92. The van der Waals surface area contributed by atoms with Crippen LogP contribution in [0.4, 0.5) is 17.6 Å². The van der Waals surface area contributed by atoms with E-state index in [1.165, 1.54) is 11.9 Å². The number of piperidine rings is 1. The quantitative estimate of drug-likeness (QED) is 0.340. The highest BCUT2D eigenvalue weighted by Gasteiger charge is 2.59. The molecule has 2 aromatic carbocycles. The van der Waals surface area contributed by atoms with Crippen molar-refractivity contribution in [3.8, 4) is 0 Å². The highest BCUT2D eigenvalue weighted by molar-refractivity contribution is 6.10. The third-order valence-electron chi connectivity index (χ3n) is 8.50. The fourth-order valence-electron chi connectivity index (χ4n) is 6.13. The minimum atomic E-state index is -4.78. The van der Waals surface area contributed by atoms with Gasteiger partial charge in [-0.2, -0.15) is 13.2 Å². The lowest BCUT2D eigenvalue weighted by atomic mass is 9.67. The summed E-state index contributed by atoms with van der Waals surface area (Å²) < 4.78 is 53.8. The number of aromatic nitrogens is 1. The van der Waals surface area contributed by atoms with E-state index in [1.54, 1.807) is 20.0 Å². The summed E-state index contributed by atoms with van der Waals surface area (Å²) in [5.41, 5.74) is -1.45. The van der Waals surface area contributed by atoms with Crippen molar-refractivity contribution in [2.75, 3.05) is 20.1 Å². The van der Waals surface area contributed by atoms with E-state index in [9.17, 15) is 36.7 Å². The first kappa shape index (κ1) is 29.3. The number of nitrogens with zero attached hydrogens (tertiary/aromatic N) is 2. The second-order valence-electron chi connectivity index (χ2n) is 11.3. The van der Waals surface area contributed by atoms with E-state index in [2.05, 4.69) is 10.3 Å². The van der Waals surface area contributed by atoms with Crippen LogP contribution in [0.3, 0.4) is 0 Å². The fraction of sp³-hybridized carbons (Fsp3) is 0.400. The average Bonchev–Trinajstić information content (AvgIpc) is 3.48. The molecule has 2 saturated heterocycles. The molecule has 2 atom stereocenters. The van der Waals surface area contributed by atoms with Gasteiger partial charge in [0.1, 0.15) is 11.9 Å². The largest absolute Gasteiger partial charge is 0.416 e. The van der Waals surface area contributed by atoms with Gasteiger partial charge in [0, 0.05) is 31.9 Å². The van der Waals surface area contributed by atoms with Crippen LogP contribution in [0.1, 0.15) is 54.1 Å². The first-order chi connectivity index (χ1) is 19.7. The van der Waals surface area contributed by atoms with Gasteiger partial charge >= 0.3 is 6.18 Å². The van der Waals surface area contributed by atoms with Crippen molar-refractivity contribution in [2.45, 2.75) is 44.8 Å². The highest BCUT2D eigenvalue weighted by Crippen LogP contribution is 2.51. The molecule has 3 aromatic rings. The molecule has 0 saturated carbocycles. The standard InChI is InChI=1S/C30H30F4N4O4/c1-16(2)24(36-25(39)20-15-19(30(32,33)34)5-6-21(20)31)27(41)38-12-9-29(10-13-38)23(26(40)37(3)28(29)42)18-4-7-22-17(14-18)8-11-35-22/h4-8,11,14-16,23-24,35H,9-10,12-13H2,1-3H3,(H,36,39)/t23?,24-/m1/s1. The smallest absolute Gasteiger partial charge is 0.361 e. The van der Waals surface area contributed by atoms with Gasteiger partial charge in [0.2, 0.25) is 17.7 Å². The number of likely N-dealkylation sites (N-methyl/N-ethyl adjacent to an activating group) is 1. The number of alkyl halides is 3. The lowest BCUT2D eigenvalue weighted by Crippen LogP contribution is -2.55. The molecule has 0 bridgehead atoms. The van der Waals surface area contributed by atoms with Crippen LogP contribution in [0.2, 0.25) is 0 Å². The number of halogens is 4. The Kier molecular flexibility index (Phi) is 7.36. The molecule has 2 aliphatic heterocycles. The molecule has 2 aliphatic rings. The van der Waals surface area contributed by atoms with Crippen molar-refractivity contribution in [1.82, 2.24) is 20.1 Å². The predicted molar refractivity (Wildman–Crippen MR) is 145 cm³/mol. The molecule has 1 unspecified atom stereocenters. The molecule has 2 fully saturated rings. The van der Waals surface area contributed by atoms with Gasteiger partial charge in [-0.3, -0.25) is 24.1 Å². The van der Waals surface area contributed by atoms with Crippen molar-refractivity contribution in [1.29, 1.82) is 0 Å². The molecule has 1 aromatic heterocycles. The van der Waals surface area contributed by atoms with E-state index in [0.29, 0.717) is 23.8 Å². The van der Waals surface area contributed by atoms with Crippen LogP contribution in [-0.2, 0) is 20.6 Å². The number of carbonyl (C=O) groups is 4. The van der Waals surface area contributed by atoms with Gasteiger partial charge in [-0.05, 0) is 66.1 Å². The van der Waals surface area contributed by atoms with Crippen LogP contribution in [0.25, 0.3) is 10.9 Å². The number of fused-ring (bicyclic) bond motifs is 1. The Balaban J connectivity index is 1.35. The predicted octanol–water partition coefficient (Wildman–Crippen LogP) is 4.47. The number of amides is 4. The minimum absolute atomic E-state index is 0.117. The van der Waals surface area contributed by atoms with Gasteiger partial charge in [-0.1, -0.05) is 19.9 Å². The molecule has 0 radical (unpaired) electrons. The van der Waals surface area contributed by atoms with Crippen LogP contribution < -0.4 is 5.32 Å². The van der Waals surface area contributed by atoms with Crippen molar-refractivity contribution >= 4 is 34.5 Å². The van der Waals surface area contributed by atoms with Crippen LogP contribution in [0.5, 0.6) is 0 Å². The number of rotatable bonds is 5. The van der Waals surface area contributed by atoms with Gasteiger partial charge in [-0.25, -0.2) is 4.39 Å². The van der Waals surface area contributed by atoms with Crippen molar-refractivity contribution in [3.05, 3.63) is 71.2 Å². The van der Waals surface area contributed by atoms with Gasteiger partial charge in [0.05, 0.1) is 22.5 Å². The maximum atomic E-state index is 14.3. The zero-order valence-corrected chi connectivity index (χ0v) is 23.2. The van der Waals surface area contributed by atoms with Gasteiger partial charge in [0.15, 0.2) is 0 Å². The number of hydrogen-bond acceptors (Lipinski definition) is 4. The van der Waals surface area contributed by atoms with Crippen LogP contribution in [0, 0.1) is 17.2 Å².